The molecular weight excluding hydrogens is 290 g/mol. The summed E-state index contributed by atoms with van der Waals surface area (Å²) in [5.41, 5.74) is 0.581. The van der Waals surface area contributed by atoms with Crippen LogP contribution in [-0.2, 0) is 14.8 Å². The minimum Gasteiger partial charge on any atom is -0.391 e. The molecule has 2 N–H and O–H groups in total. The predicted molar refractivity (Wildman–Crippen MR) is 73.9 cm³/mol. The standard InChI is InChI=1S/C12H18ClNO4S/c1-9-7-10(13)3-4-12(9)19(16,17)14-6-5-11(15)8-18-2/h3-4,7,11,14-15H,5-6,8H2,1-2H3. The molecule has 1 unspecified atom stereocenters. The van der Waals surface area contributed by atoms with Gasteiger partial charge < -0.3 is 9.84 Å². The SMILES string of the molecule is COCC(O)CCNS(=O)(=O)c1ccc(Cl)cc1C. The second-order valence-corrected chi connectivity index (χ2v) is 6.38. The number of aryl methyl sites for hydroxylation is 1. The van der Waals surface area contributed by atoms with E-state index in [9.17, 15) is 13.5 Å². The summed E-state index contributed by atoms with van der Waals surface area (Å²) in [5, 5.41) is 9.92. The molecule has 0 fully saturated rings. The summed E-state index contributed by atoms with van der Waals surface area (Å²) in [6.45, 7) is 2.01. The van der Waals surface area contributed by atoms with Crippen LogP contribution in [0.1, 0.15) is 12.0 Å². The van der Waals surface area contributed by atoms with Crippen LogP contribution in [0.3, 0.4) is 0 Å². The number of sulfonamides is 1. The lowest BCUT2D eigenvalue weighted by molar-refractivity contribution is 0.0603. The molecule has 0 bridgehead atoms. The summed E-state index contributed by atoms with van der Waals surface area (Å²) in [6, 6.07) is 4.59. The van der Waals surface area contributed by atoms with Crippen LogP contribution in [0.25, 0.3) is 0 Å². The summed E-state index contributed by atoms with van der Waals surface area (Å²) >= 11 is 5.79. The van der Waals surface area contributed by atoms with Gasteiger partial charge in [0.05, 0.1) is 17.6 Å². The van der Waals surface area contributed by atoms with Crippen molar-refractivity contribution in [3.63, 3.8) is 0 Å². The van der Waals surface area contributed by atoms with Gasteiger partial charge in [-0.15, -0.1) is 0 Å². The Balaban J connectivity index is 2.66. The molecule has 0 radical (unpaired) electrons. The number of benzene rings is 1. The molecular formula is C12H18ClNO4S. The number of ether oxygens (including phenoxy) is 1. The Kier molecular flexibility index (Phi) is 6.22. The largest absolute Gasteiger partial charge is 0.391 e. The highest BCUT2D eigenvalue weighted by atomic mass is 35.5. The van der Waals surface area contributed by atoms with Gasteiger partial charge in [0.2, 0.25) is 10.0 Å². The van der Waals surface area contributed by atoms with Crippen LogP contribution < -0.4 is 4.72 Å². The third kappa shape index (κ3) is 5.08. The van der Waals surface area contributed by atoms with Crippen molar-refractivity contribution in [2.75, 3.05) is 20.3 Å². The second kappa shape index (κ2) is 7.21. The molecule has 0 aliphatic heterocycles. The highest BCUT2D eigenvalue weighted by Gasteiger charge is 2.16. The molecule has 0 saturated carbocycles. The van der Waals surface area contributed by atoms with E-state index in [2.05, 4.69) is 4.72 Å². The van der Waals surface area contributed by atoms with Crippen molar-refractivity contribution in [3.05, 3.63) is 28.8 Å². The molecule has 19 heavy (non-hydrogen) atoms. The highest BCUT2D eigenvalue weighted by molar-refractivity contribution is 7.89. The molecule has 0 amide bonds. The van der Waals surface area contributed by atoms with Gasteiger partial charge in [-0.05, 0) is 37.1 Å². The summed E-state index contributed by atoms with van der Waals surface area (Å²) in [5.74, 6) is 0. The monoisotopic (exact) mass is 307 g/mol. The van der Waals surface area contributed by atoms with Crippen molar-refractivity contribution in [2.24, 2.45) is 0 Å². The minimum atomic E-state index is -3.58. The summed E-state index contributed by atoms with van der Waals surface area (Å²) in [6.07, 6.45) is -0.390. The maximum absolute atomic E-state index is 12.0. The first-order valence-electron chi connectivity index (χ1n) is 5.79. The summed E-state index contributed by atoms with van der Waals surface area (Å²) < 4.78 is 31.3. The topological polar surface area (TPSA) is 75.6 Å². The Morgan fingerprint density at radius 2 is 2.16 bits per heavy atom. The van der Waals surface area contributed by atoms with Crippen LogP contribution in [0, 0.1) is 6.92 Å². The maximum Gasteiger partial charge on any atom is 0.240 e. The average Bonchev–Trinajstić information content (AvgIpc) is 2.28. The van der Waals surface area contributed by atoms with Crippen LogP contribution in [0.15, 0.2) is 23.1 Å². The number of nitrogens with one attached hydrogen (secondary N) is 1. The molecule has 0 aromatic heterocycles. The van der Waals surface area contributed by atoms with E-state index in [1.807, 2.05) is 0 Å². The first-order chi connectivity index (χ1) is 8.86. The number of aliphatic hydroxyl groups is 1. The van der Waals surface area contributed by atoms with Crippen molar-refractivity contribution < 1.29 is 18.3 Å². The molecule has 0 saturated heterocycles. The number of hydrogen-bond donors (Lipinski definition) is 2. The molecule has 0 aliphatic rings. The first-order valence-corrected chi connectivity index (χ1v) is 7.65. The molecule has 1 aromatic rings. The van der Waals surface area contributed by atoms with Gasteiger partial charge in [0, 0.05) is 18.7 Å². The van der Waals surface area contributed by atoms with Crippen molar-refractivity contribution in [3.8, 4) is 0 Å². The number of methoxy groups -OCH3 is 1. The average molecular weight is 308 g/mol. The number of rotatable bonds is 7. The zero-order valence-corrected chi connectivity index (χ0v) is 12.5. The van der Waals surface area contributed by atoms with Gasteiger partial charge in [-0.1, -0.05) is 11.6 Å². The second-order valence-electron chi connectivity index (χ2n) is 4.21. The molecule has 1 atom stereocenters. The van der Waals surface area contributed by atoms with Crippen LogP contribution >= 0.6 is 11.6 Å². The lowest BCUT2D eigenvalue weighted by Crippen LogP contribution is -2.29. The van der Waals surface area contributed by atoms with Gasteiger partial charge in [0.1, 0.15) is 0 Å². The molecule has 108 valence electrons. The van der Waals surface area contributed by atoms with Gasteiger partial charge in [0.15, 0.2) is 0 Å². The van der Waals surface area contributed by atoms with Crippen molar-refractivity contribution in [1.29, 1.82) is 0 Å². The van der Waals surface area contributed by atoms with Crippen molar-refractivity contribution >= 4 is 21.6 Å². The quantitative estimate of drug-likeness (QED) is 0.797. The van der Waals surface area contributed by atoms with Crippen LogP contribution in [0.4, 0.5) is 0 Å². The Hall–Kier alpha value is -0.660. The number of aliphatic hydroxyl groups excluding tert-OH is 1. The molecule has 5 nitrogen and oxygen atoms in total. The van der Waals surface area contributed by atoms with E-state index in [-0.39, 0.29) is 18.0 Å². The van der Waals surface area contributed by atoms with E-state index >= 15 is 0 Å². The van der Waals surface area contributed by atoms with E-state index < -0.39 is 16.1 Å². The fourth-order valence-corrected chi connectivity index (χ4v) is 3.13. The predicted octanol–water partition coefficient (Wildman–Crippen LogP) is 1.32. The smallest absolute Gasteiger partial charge is 0.240 e. The third-order valence-electron chi connectivity index (χ3n) is 2.56. The molecule has 1 rings (SSSR count). The van der Waals surface area contributed by atoms with Crippen molar-refractivity contribution in [2.45, 2.75) is 24.3 Å². The van der Waals surface area contributed by atoms with E-state index in [4.69, 9.17) is 16.3 Å². The fraction of sp³-hybridized carbons (Fsp3) is 0.500. The maximum atomic E-state index is 12.0. The summed E-state index contributed by atoms with van der Waals surface area (Å²) in [4.78, 5) is 0.193. The van der Waals surface area contributed by atoms with E-state index in [0.717, 1.165) is 0 Å². The number of hydrogen-bond acceptors (Lipinski definition) is 4. The van der Waals surface area contributed by atoms with Gasteiger partial charge in [0.25, 0.3) is 0 Å². The Labute approximate surface area is 118 Å². The lowest BCUT2D eigenvalue weighted by Gasteiger charge is -2.12. The molecule has 1 aromatic carbocycles. The summed E-state index contributed by atoms with van der Waals surface area (Å²) in [7, 11) is -2.10. The minimum absolute atomic E-state index is 0.148. The number of halogens is 1. The Morgan fingerprint density at radius 1 is 1.47 bits per heavy atom. The van der Waals surface area contributed by atoms with Crippen LogP contribution in [0.5, 0.6) is 0 Å². The molecule has 7 heteroatoms. The molecule has 0 heterocycles. The Bertz CT molecular complexity index is 518. The lowest BCUT2D eigenvalue weighted by atomic mass is 10.2. The van der Waals surface area contributed by atoms with Crippen LogP contribution in [0.2, 0.25) is 5.02 Å². The third-order valence-corrected chi connectivity index (χ3v) is 4.41. The zero-order valence-electron chi connectivity index (χ0n) is 10.9. The first kappa shape index (κ1) is 16.4. The fourth-order valence-electron chi connectivity index (χ4n) is 1.63. The van der Waals surface area contributed by atoms with E-state index in [1.165, 1.54) is 19.2 Å². The van der Waals surface area contributed by atoms with Gasteiger partial charge in [-0.25, -0.2) is 13.1 Å². The zero-order chi connectivity index (χ0) is 14.5. The van der Waals surface area contributed by atoms with E-state index in [1.54, 1.807) is 13.0 Å². The normalized spacial score (nSPS) is 13.5. The highest BCUT2D eigenvalue weighted by Crippen LogP contribution is 2.19. The molecule has 0 spiro atoms. The van der Waals surface area contributed by atoms with Gasteiger partial charge in [-0.2, -0.15) is 0 Å². The molecule has 0 aliphatic carbocycles. The van der Waals surface area contributed by atoms with Crippen molar-refractivity contribution in [1.82, 2.24) is 4.72 Å². The van der Waals surface area contributed by atoms with Gasteiger partial charge in [-0.3, -0.25) is 0 Å². The Morgan fingerprint density at radius 3 is 2.74 bits per heavy atom. The van der Waals surface area contributed by atoms with Crippen LogP contribution in [-0.4, -0.2) is 39.9 Å². The van der Waals surface area contributed by atoms with Gasteiger partial charge >= 0.3 is 0 Å². The van der Waals surface area contributed by atoms with E-state index in [0.29, 0.717) is 17.0 Å².